The zero-order chi connectivity index (χ0) is 17.5. The molecule has 3 rings (SSSR count). The van der Waals surface area contributed by atoms with Gasteiger partial charge in [-0.15, -0.1) is 11.3 Å². The molecule has 2 heterocycles. The monoisotopic (exact) mass is 362 g/mol. The molecule has 0 fully saturated rings. The highest BCUT2D eigenvalue weighted by atomic mass is 32.2. The van der Waals surface area contributed by atoms with Crippen LogP contribution >= 0.6 is 11.3 Å². The van der Waals surface area contributed by atoms with E-state index in [1.54, 1.807) is 25.1 Å². The normalized spacial score (nSPS) is 11.7. The molecular weight excluding hydrogens is 344 g/mol. The first-order valence-corrected chi connectivity index (χ1v) is 9.70. The van der Waals surface area contributed by atoms with Gasteiger partial charge in [-0.2, -0.15) is 0 Å². The molecule has 7 heteroatoms. The van der Waals surface area contributed by atoms with E-state index >= 15 is 0 Å². The highest BCUT2D eigenvalue weighted by Crippen LogP contribution is 2.34. The summed E-state index contributed by atoms with van der Waals surface area (Å²) in [4.78, 5) is 1.71. The van der Waals surface area contributed by atoms with Crippen LogP contribution in [0.5, 0.6) is 0 Å². The third kappa shape index (κ3) is 3.22. The molecule has 2 aromatic heterocycles. The second-order valence-corrected chi connectivity index (χ2v) is 8.68. The molecule has 0 atom stereocenters. The summed E-state index contributed by atoms with van der Waals surface area (Å²) < 4.78 is 33.3. The molecule has 0 unspecified atom stereocenters. The van der Waals surface area contributed by atoms with Crippen molar-refractivity contribution in [1.29, 1.82) is 0 Å². The maximum absolute atomic E-state index is 12.7. The van der Waals surface area contributed by atoms with Gasteiger partial charge in [0.25, 0.3) is 10.0 Å². The highest BCUT2D eigenvalue weighted by Gasteiger charge is 2.22. The number of hydrogen-bond acceptors (Lipinski definition) is 5. The lowest BCUT2D eigenvalue weighted by Crippen LogP contribution is -2.13. The Balaban J connectivity index is 1.95. The van der Waals surface area contributed by atoms with E-state index in [-0.39, 0.29) is 4.90 Å². The summed E-state index contributed by atoms with van der Waals surface area (Å²) in [5, 5.41) is 3.85. The van der Waals surface area contributed by atoms with Gasteiger partial charge in [-0.05, 0) is 57.0 Å². The Morgan fingerprint density at radius 2 is 1.79 bits per heavy atom. The summed E-state index contributed by atoms with van der Waals surface area (Å²) in [5.41, 5.74) is 3.47. The van der Waals surface area contributed by atoms with Crippen LogP contribution in [0.25, 0.3) is 10.6 Å². The average Bonchev–Trinajstić information content (AvgIpc) is 3.09. The Morgan fingerprint density at radius 1 is 1.04 bits per heavy atom. The van der Waals surface area contributed by atoms with E-state index in [4.69, 9.17) is 4.52 Å². The minimum atomic E-state index is -3.66. The predicted octanol–water partition coefficient (Wildman–Crippen LogP) is 4.44. The van der Waals surface area contributed by atoms with E-state index in [1.807, 2.05) is 32.9 Å². The number of aromatic nitrogens is 1. The smallest absolute Gasteiger partial charge is 0.263 e. The fraction of sp³-hybridized carbons (Fsp3) is 0.235. The van der Waals surface area contributed by atoms with Crippen LogP contribution in [0.15, 0.2) is 39.8 Å². The van der Waals surface area contributed by atoms with Crippen LogP contribution in [0.3, 0.4) is 0 Å². The molecule has 0 amide bonds. The minimum absolute atomic E-state index is 0.259. The molecule has 0 aliphatic rings. The molecule has 0 aliphatic carbocycles. The Morgan fingerprint density at radius 3 is 2.42 bits per heavy atom. The SMILES string of the molecule is Cc1cc(-c2cc(S(=O)(=O)Nc3ccc(C)c(C)c3)c(C)s2)on1. The molecular formula is C17H18N2O3S2. The van der Waals surface area contributed by atoms with Gasteiger partial charge in [-0.3, -0.25) is 4.72 Å². The summed E-state index contributed by atoms with van der Waals surface area (Å²) in [5.74, 6) is 0.577. The molecule has 1 N–H and O–H groups in total. The summed E-state index contributed by atoms with van der Waals surface area (Å²) in [6.07, 6.45) is 0. The van der Waals surface area contributed by atoms with Crippen molar-refractivity contribution in [2.45, 2.75) is 32.6 Å². The lowest BCUT2D eigenvalue weighted by Gasteiger charge is -2.09. The fourth-order valence-electron chi connectivity index (χ4n) is 2.35. The van der Waals surface area contributed by atoms with Gasteiger partial charge in [-0.25, -0.2) is 8.42 Å². The molecule has 5 nitrogen and oxygen atoms in total. The average molecular weight is 362 g/mol. The zero-order valence-corrected chi connectivity index (χ0v) is 15.5. The van der Waals surface area contributed by atoms with Crippen molar-refractivity contribution in [3.8, 4) is 10.6 Å². The van der Waals surface area contributed by atoms with E-state index in [0.29, 0.717) is 16.3 Å². The van der Waals surface area contributed by atoms with E-state index < -0.39 is 10.0 Å². The quantitative estimate of drug-likeness (QED) is 0.745. The van der Waals surface area contributed by atoms with Crippen molar-refractivity contribution < 1.29 is 12.9 Å². The first-order chi connectivity index (χ1) is 11.3. The maximum Gasteiger partial charge on any atom is 0.263 e. The van der Waals surface area contributed by atoms with Crippen molar-refractivity contribution >= 4 is 27.0 Å². The molecule has 0 radical (unpaired) electrons. The number of thiophene rings is 1. The van der Waals surface area contributed by atoms with Gasteiger partial charge in [0.1, 0.15) is 4.90 Å². The standard InChI is InChI=1S/C17H18N2O3S2/c1-10-5-6-14(7-11(10)2)19-24(20,21)17-9-16(23-13(17)4)15-8-12(3)18-22-15/h5-9,19H,1-4H3. The van der Waals surface area contributed by atoms with Crippen molar-refractivity contribution in [1.82, 2.24) is 5.16 Å². The summed E-state index contributed by atoms with van der Waals surface area (Å²) >= 11 is 1.37. The molecule has 0 aliphatic heterocycles. The number of hydrogen-bond donors (Lipinski definition) is 1. The van der Waals surface area contributed by atoms with Crippen molar-refractivity contribution in [3.63, 3.8) is 0 Å². The third-order valence-electron chi connectivity index (χ3n) is 3.79. The van der Waals surface area contributed by atoms with E-state index in [1.165, 1.54) is 11.3 Å². The van der Waals surface area contributed by atoms with Crippen LogP contribution in [0, 0.1) is 27.7 Å². The summed E-state index contributed by atoms with van der Waals surface area (Å²) in [6, 6.07) is 8.91. The second kappa shape index (κ2) is 6.07. The number of sulfonamides is 1. The Hall–Kier alpha value is -2.12. The molecule has 0 saturated carbocycles. The van der Waals surface area contributed by atoms with Gasteiger partial charge < -0.3 is 4.52 Å². The summed E-state index contributed by atoms with van der Waals surface area (Å²) in [7, 11) is -3.66. The molecule has 24 heavy (non-hydrogen) atoms. The fourth-order valence-corrected chi connectivity index (χ4v) is 4.94. The zero-order valence-electron chi connectivity index (χ0n) is 13.9. The number of anilines is 1. The molecule has 1 aromatic carbocycles. The number of nitrogens with zero attached hydrogens (tertiary/aromatic N) is 1. The number of aryl methyl sites for hydroxylation is 4. The van der Waals surface area contributed by atoms with Gasteiger partial charge in [0.05, 0.1) is 10.6 Å². The minimum Gasteiger partial charge on any atom is -0.355 e. The van der Waals surface area contributed by atoms with Crippen LogP contribution in [-0.4, -0.2) is 13.6 Å². The first kappa shape index (κ1) is 16.7. The topological polar surface area (TPSA) is 72.2 Å². The largest absolute Gasteiger partial charge is 0.355 e. The maximum atomic E-state index is 12.7. The molecule has 0 spiro atoms. The molecule has 0 saturated heterocycles. The first-order valence-electron chi connectivity index (χ1n) is 7.40. The van der Waals surface area contributed by atoms with Gasteiger partial charge in [-0.1, -0.05) is 11.2 Å². The van der Waals surface area contributed by atoms with Gasteiger partial charge in [0.2, 0.25) is 0 Å². The van der Waals surface area contributed by atoms with E-state index in [9.17, 15) is 8.42 Å². The van der Waals surface area contributed by atoms with E-state index in [0.717, 1.165) is 21.7 Å². The van der Waals surface area contributed by atoms with Crippen molar-refractivity contribution in [2.75, 3.05) is 4.72 Å². The number of benzene rings is 1. The van der Waals surface area contributed by atoms with Gasteiger partial charge in [0.15, 0.2) is 5.76 Å². The lowest BCUT2D eigenvalue weighted by atomic mass is 10.1. The Kier molecular flexibility index (Phi) is 4.23. The summed E-state index contributed by atoms with van der Waals surface area (Å²) in [6.45, 7) is 7.55. The predicted molar refractivity (Wildman–Crippen MR) is 96.0 cm³/mol. The Labute approximate surface area is 145 Å². The highest BCUT2D eigenvalue weighted by molar-refractivity contribution is 7.93. The molecule has 126 valence electrons. The van der Waals surface area contributed by atoms with Gasteiger partial charge in [0, 0.05) is 16.6 Å². The second-order valence-electron chi connectivity index (χ2n) is 5.77. The van der Waals surface area contributed by atoms with Crippen LogP contribution in [0.2, 0.25) is 0 Å². The van der Waals surface area contributed by atoms with Crippen molar-refractivity contribution in [3.05, 3.63) is 52.0 Å². The van der Waals surface area contributed by atoms with Crippen LogP contribution < -0.4 is 4.72 Å². The van der Waals surface area contributed by atoms with Crippen LogP contribution in [0.1, 0.15) is 21.7 Å². The number of nitrogens with one attached hydrogen (secondary N) is 1. The molecule has 0 bridgehead atoms. The Bertz CT molecular complexity index is 1000. The van der Waals surface area contributed by atoms with Crippen molar-refractivity contribution in [2.24, 2.45) is 0 Å². The molecule has 3 aromatic rings. The van der Waals surface area contributed by atoms with Crippen LogP contribution in [0.4, 0.5) is 5.69 Å². The van der Waals surface area contributed by atoms with Crippen LogP contribution in [-0.2, 0) is 10.0 Å². The number of rotatable bonds is 4. The van der Waals surface area contributed by atoms with E-state index in [2.05, 4.69) is 9.88 Å². The third-order valence-corrected chi connectivity index (χ3v) is 6.49. The van der Waals surface area contributed by atoms with Gasteiger partial charge >= 0.3 is 0 Å². The lowest BCUT2D eigenvalue weighted by molar-refractivity contribution is 0.428.